The lowest BCUT2D eigenvalue weighted by atomic mass is 10.2. The van der Waals surface area contributed by atoms with Crippen LogP contribution < -0.4 is 0 Å². The summed E-state index contributed by atoms with van der Waals surface area (Å²) < 4.78 is 6.47. The average molecular weight is 303 g/mol. The highest BCUT2D eigenvalue weighted by molar-refractivity contribution is 6.33. The van der Waals surface area contributed by atoms with E-state index in [9.17, 15) is 9.90 Å². The van der Waals surface area contributed by atoms with Crippen LogP contribution in [-0.4, -0.2) is 27.6 Å². The molecule has 0 radical (unpaired) electrons. The van der Waals surface area contributed by atoms with Crippen LogP contribution in [0.15, 0.2) is 42.6 Å². The number of nitrogens with zero attached hydrogens (tertiary/aromatic N) is 2. The maximum absolute atomic E-state index is 11.6. The number of hydrogen-bond donors (Lipinski definition) is 1. The van der Waals surface area contributed by atoms with Gasteiger partial charge < -0.3 is 9.84 Å². The van der Waals surface area contributed by atoms with E-state index in [-0.39, 0.29) is 5.75 Å². The van der Waals surface area contributed by atoms with Crippen LogP contribution in [0.4, 0.5) is 0 Å². The molecule has 0 saturated carbocycles. The highest BCUT2D eigenvalue weighted by Gasteiger charge is 2.14. The zero-order valence-electron chi connectivity index (χ0n) is 11.1. The SMILES string of the molecule is COC(=O)c1ccn2c(-c3ccc(O)cc3)nc(Cl)c2c1. The summed E-state index contributed by atoms with van der Waals surface area (Å²) in [5.74, 6) is 0.381. The van der Waals surface area contributed by atoms with Crippen LogP contribution in [0.5, 0.6) is 5.75 Å². The number of pyridine rings is 1. The number of aromatic nitrogens is 2. The van der Waals surface area contributed by atoms with Crippen molar-refractivity contribution < 1.29 is 14.6 Å². The van der Waals surface area contributed by atoms with E-state index < -0.39 is 5.97 Å². The van der Waals surface area contributed by atoms with Crippen molar-refractivity contribution in [2.75, 3.05) is 7.11 Å². The summed E-state index contributed by atoms with van der Waals surface area (Å²) in [6.45, 7) is 0. The van der Waals surface area contributed by atoms with E-state index in [2.05, 4.69) is 4.98 Å². The Morgan fingerprint density at radius 2 is 2.00 bits per heavy atom. The number of halogens is 1. The summed E-state index contributed by atoms with van der Waals surface area (Å²) >= 11 is 6.15. The van der Waals surface area contributed by atoms with Gasteiger partial charge in [0.25, 0.3) is 0 Å². The van der Waals surface area contributed by atoms with Crippen LogP contribution in [0.3, 0.4) is 0 Å². The van der Waals surface area contributed by atoms with Gasteiger partial charge in [0.1, 0.15) is 11.6 Å². The number of rotatable bonds is 2. The van der Waals surface area contributed by atoms with Crippen LogP contribution >= 0.6 is 11.6 Å². The van der Waals surface area contributed by atoms with Gasteiger partial charge in [-0.05, 0) is 36.4 Å². The molecule has 2 heterocycles. The normalized spacial score (nSPS) is 10.8. The quantitative estimate of drug-likeness (QED) is 0.739. The lowest BCUT2D eigenvalue weighted by Gasteiger charge is -2.03. The Hall–Kier alpha value is -2.53. The standard InChI is InChI=1S/C15H11ClN2O3/c1-21-15(20)10-6-7-18-12(8-10)13(16)17-14(18)9-2-4-11(19)5-3-9/h2-8,19H,1H3. The van der Waals surface area contributed by atoms with Crippen molar-refractivity contribution in [3.63, 3.8) is 0 Å². The average Bonchev–Trinajstić information content (AvgIpc) is 2.84. The molecule has 2 aromatic heterocycles. The fourth-order valence-electron chi connectivity index (χ4n) is 2.11. The monoisotopic (exact) mass is 302 g/mol. The van der Waals surface area contributed by atoms with E-state index in [1.165, 1.54) is 7.11 Å². The van der Waals surface area contributed by atoms with Crippen LogP contribution in [0.2, 0.25) is 5.15 Å². The summed E-state index contributed by atoms with van der Waals surface area (Å²) in [7, 11) is 1.33. The molecule has 0 fully saturated rings. The van der Waals surface area contributed by atoms with Crippen molar-refractivity contribution in [3.05, 3.63) is 53.3 Å². The summed E-state index contributed by atoms with van der Waals surface area (Å²) in [4.78, 5) is 15.9. The van der Waals surface area contributed by atoms with Gasteiger partial charge in [-0.15, -0.1) is 0 Å². The molecule has 1 aromatic carbocycles. The van der Waals surface area contributed by atoms with Crippen molar-refractivity contribution in [2.45, 2.75) is 0 Å². The molecule has 0 unspecified atom stereocenters. The lowest BCUT2D eigenvalue weighted by molar-refractivity contribution is 0.0600. The fourth-order valence-corrected chi connectivity index (χ4v) is 2.33. The maximum atomic E-state index is 11.6. The Morgan fingerprint density at radius 1 is 1.29 bits per heavy atom. The van der Waals surface area contributed by atoms with Crippen molar-refractivity contribution in [2.24, 2.45) is 0 Å². The van der Waals surface area contributed by atoms with Gasteiger partial charge in [-0.1, -0.05) is 11.6 Å². The predicted molar refractivity (Wildman–Crippen MR) is 78.6 cm³/mol. The lowest BCUT2D eigenvalue weighted by Crippen LogP contribution is -2.02. The third-order valence-electron chi connectivity index (χ3n) is 3.15. The zero-order valence-corrected chi connectivity index (χ0v) is 11.8. The molecule has 1 N–H and O–H groups in total. The molecule has 0 aliphatic heterocycles. The topological polar surface area (TPSA) is 63.8 Å². The number of hydrogen-bond acceptors (Lipinski definition) is 4. The van der Waals surface area contributed by atoms with Gasteiger partial charge in [0.2, 0.25) is 0 Å². The minimum Gasteiger partial charge on any atom is -0.508 e. The molecule has 6 heteroatoms. The van der Waals surface area contributed by atoms with E-state index in [0.717, 1.165) is 5.56 Å². The van der Waals surface area contributed by atoms with Gasteiger partial charge in [0.15, 0.2) is 5.15 Å². The van der Waals surface area contributed by atoms with Crippen molar-refractivity contribution in [3.8, 4) is 17.1 Å². The fraction of sp³-hybridized carbons (Fsp3) is 0.0667. The predicted octanol–water partition coefficient (Wildman–Crippen LogP) is 3.15. The number of benzene rings is 1. The van der Waals surface area contributed by atoms with E-state index in [1.807, 2.05) is 0 Å². The minimum absolute atomic E-state index is 0.179. The Labute approximate surface area is 125 Å². The van der Waals surface area contributed by atoms with Gasteiger partial charge >= 0.3 is 5.97 Å². The second-order valence-corrected chi connectivity index (χ2v) is 4.79. The molecule has 106 valence electrons. The Balaban J connectivity index is 2.17. The van der Waals surface area contributed by atoms with E-state index >= 15 is 0 Å². The summed E-state index contributed by atoms with van der Waals surface area (Å²) in [6.07, 6.45) is 1.71. The molecule has 0 aliphatic rings. The van der Waals surface area contributed by atoms with Gasteiger partial charge in [-0.2, -0.15) is 0 Å². The number of methoxy groups -OCH3 is 1. The highest BCUT2D eigenvalue weighted by Crippen LogP contribution is 2.27. The van der Waals surface area contributed by atoms with E-state index in [1.54, 1.807) is 47.0 Å². The number of carbonyl (C=O) groups excluding carboxylic acids is 1. The molecule has 0 saturated heterocycles. The summed E-state index contributed by atoms with van der Waals surface area (Å²) in [5.41, 5.74) is 1.83. The number of carbonyl (C=O) groups is 1. The molecule has 3 aromatic rings. The first-order valence-electron chi connectivity index (χ1n) is 6.15. The van der Waals surface area contributed by atoms with Crippen molar-refractivity contribution in [1.29, 1.82) is 0 Å². The van der Waals surface area contributed by atoms with E-state index in [0.29, 0.717) is 22.1 Å². The Bertz CT molecular complexity index is 825. The molecule has 5 nitrogen and oxygen atoms in total. The zero-order chi connectivity index (χ0) is 15.0. The second-order valence-electron chi connectivity index (χ2n) is 4.44. The number of esters is 1. The van der Waals surface area contributed by atoms with Crippen LogP contribution in [0.1, 0.15) is 10.4 Å². The molecular formula is C15H11ClN2O3. The Kier molecular flexibility index (Phi) is 3.27. The number of fused-ring (bicyclic) bond motifs is 1. The van der Waals surface area contributed by atoms with Gasteiger partial charge in [0, 0.05) is 11.8 Å². The number of phenolic OH excluding ortho intramolecular Hbond substituents is 1. The number of ether oxygens (including phenoxy) is 1. The second kappa shape index (κ2) is 5.10. The minimum atomic E-state index is -0.430. The van der Waals surface area contributed by atoms with Crippen molar-refractivity contribution >= 4 is 23.1 Å². The first-order chi connectivity index (χ1) is 10.1. The molecule has 0 amide bonds. The molecule has 0 bridgehead atoms. The number of imidazole rings is 1. The van der Waals surface area contributed by atoms with Gasteiger partial charge in [-0.25, -0.2) is 9.78 Å². The van der Waals surface area contributed by atoms with Crippen LogP contribution in [-0.2, 0) is 4.74 Å². The molecular weight excluding hydrogens is 292 g/mol. The van der Waals surface area contributed by atoms with Gasteiger partial charge in [-0.3, -0.25) is 4.40 Å². The third kappa shape index (κ3) is 2.32. The molecule has 0 atom stereocenters. The first-order valence-corrected chi connectivity index (χ1v) is 6.53. The first kappa shape index (κ1) is 13.5. The summed E-state index contributed by atoms with van der Waals surface area (Å²) in [6, 6.07) is 9.91. The van der Waals surface area contributed by atoms with Gasteiger partial charge in [0.05, 0.1) is 18.2 Å². The number of phenols is 1. The third-order valence-corrected chi connectivity index (χ3v) is 3.42. The van der Waals surface area contributed by atoms with E-state index in [4.69, 9.17) is 16.3 Å². The highest BCUT2D eigenvalue weighted by atomic mass is 35.5. The molecule has 21 heavy (non-hydrogen) atoms. The maximum Gasteiger partial charge on any atom is 0.337 e. The number of aromatic hydroxyl groups is 1. The summed E-state index contributed by atoms with van der Waals surface area (Å²) in [5, 5.41) is 9.64. The molecule has 0 spiro atoms. The van der Waals surface area contributed by atoms with Crippen LogP contribution in [0.25, 0.3) is 16.9 Å². The molecule has 0 aliphatic carbocycles. The largest absolute Gasteiger partial charge is 0.508 e. The van der Waals surface area contributed by atoms with Crippen LogP contribution in [0, 0.1) is 0 Å². The van der Waals surface area contributed by atoms with Crippen molar-refractivity contribution in [1.82, 2.24) is 9.38 Å². The molecule has 3 rings (SSSR count). The smallest absolute Gasteiger partial charge is 0.337 e. The Morgan fingerprint density at radius 3 is 2.67 bits per heavy atom.